The second kappa shape index (κ2) is 5.26. The summed E-state index contributed by atoms with van der Waals surface area (Å²) in [7, 11) is -3.96. The third kappa shape index (κ3) is 3.52. The molecule has 0 aliphatic rings. The minimum Gasteiger partial charge on any atom is -0.548 e. The number of carbonyl (C=O) groups excluding carboxylic acids is 1. The van der Waals surface area contributed by atoms with Crippen molar-refractivity contribution in [3.8, 4) is 0 Å². The highest BCUT2D eigenvalue weighted by molar-refractivity contribution is 7.89. The fourth-order valence-electron chi connectivity index (χ4n) is 1.13. The molecule has 1 aromatic rings. The average molecular weight is 258 g/mol. The van der Waals surface area contributed by atoms with E-state index in [0.29, 0.717) is 0 Å². The van der Waals surface area contributed by atoms with Crippen molar-refractivity contribution in [2.45, 2.75) is 17.9 Å². The first-order chi connectivity index (χ1) is 7.86. The summed E-state index contributed by atoms with van der Waals surface area (Å²) < 4.78 is 25.2. The maximum Gasteiger partial charge on any atom is 0.241 e. The predicted octanol–water partition coefficient (Wildman–Crippen LogP) is -1.62. The number of nitrogens with one attached hydrogen (secondary N) is 1. The number of carbonyl (C=O) groups is 1. The molecule has 0 saturated carbocycles. The fourth-order valence-corrected chi connectivity index (χ4v) is 2.31. The number of aliphatic hydroxyl groups is 1. The Kier molecular flexibility index (Phi) is 4.22. The van der Waals surface area contributed by atoms with Crippen LogP contribution in [0.2, 0.25) is 0 Å². The monoisotopic (exact) mass is 258 g/mol. The lowest BCUT2D eigenvalue weighted by molar-refractivity contribution is -0.308. The number of carboxylic acid groups (broad SMARTS) is 1. The van der Waals surface area contributed by atoms with Crippen molar-refractivity contribution in [3.05, 3.63) is 29.8 Å². The summed E-state index contributed by atoms with van der Waals surface area (Å²) in [4.78, 5) is 10.4. The summed E-state index contributed by atoms with van der Waals surface area (Å²) in [5.41, 5.74) is 0.877. The highest BCUT2D eigenvalue weighted by atomic mass is 32.2. The molecule has 0 fully saturated rings. The Morgan fingerprint density at radius 3 is 2.35 bits per heavy atom. The number of carboxylic acids is 1. The topological polar surface area (TPSA) is 107 Å². The second-order valence-corrected chi connectivity index (χ2v) is 5.20. The van der Waals surface area contributed by atoms with Gasteiger partial charge in [-0.3, -0.25) is 0 Å². The molecule has 0 saturated heterocycles. The number of rotatable bonds is 5. The maximum absolute atomic E-state index is 11.7. The molecule has 1 unspecified atom stereocenters. The van der Waals surface area contributed by atoms with E-state index in [1.807, 2.05) is 4.72 Å². The molecule has 0 heterocycles. The van der Waals surface area contributed by atoms with Gasteiger partial charge in [-0.15, -0.1) is 0 Å². The third-order valence-electron chi connectivity index (χ3n) is 2.10. The van der Waals surface area contributed by atoms with Crippen LogP contribution < -0.4 is 9.83 Å². The Balaban J connectivity index is 2.96. The van der Waals surface area contributed by atoms with Gasteiger partial charge < -0.3 is 15.0 Å². The minimum atomic E-state index is -3.96. The van der Waals surface area contributed by atoms with Gasteiger partial charge in [0, 0.05) is 0 Å². The Morgan fingerprint density at radius 1 is 1.41 bits per heavy atom. The molecule has 7 heteroatoms. The van der Waals surface area contributed by atoms with Crippen LogP contribution in [0.4, 0.5) is 0 Å². The van der Waals surface area contributed by atoms with Gasteiger partial charge in [-0.25, -0.2) is 13.1 Å². The number of aliphatic hydroxyl groups excluding tert-OH is 1. The predicted molar refractivity (Wildman–Crippen MR) is 57.4 cm³/mol. The highest BCUT2D eigenvalue weighted by Gasteiger charge is 2.19. The van der Waals surface area contributed by atoms with Crippen LogP contribution in [0.3, 0.4) is 0 Å². The van der Waals surface area contributed by atoms with E-state index >= 15 is 0 Å². The van der Waals surface area contributed by atoms with Crippen LogP contribution in [0.25, 0.3) is 0 Å². The van der Waals surface area contributed by atoms with Crippen molar-refractivity contribution in [1.29, 1.82) is 0 Å². The summed E-state index contributed by atoms with van der Waals surface area (Å²) in [6.45, 7) is 0.926. The number of hydrogen-bond acceptors (Lipinski definition) is 5. The molecule has 1 atom stereocenters. The summed E-state index contributed by atoms with van der Waals surface area (Å²) in [6.07, 6.45) is 0. The van der Waals surface area contributed by atoms with Gasteiger partial charge in [-0.05, 0) is 19.1 Å². The van der Waals surface area contributed by atoms with Crippen LogP contribution in [0.1, 0.15) is 5.56 Å². The van der Waals surface area contributed by atoms with Crippen molar-refractivity contribution >= 4 is 16.0 Å². The smallest absolute Gasteiger partial charge is 0.241 e. The number of sulfonamides is 1. The molecular weight excluding hydrogens is 246 g/mol. The molecule has 0 amide bonds. The van der Waals surface area contributed by atoms with E-state index in [4.69, 9.17) is 5.11 Å². The van der Waals surface area contributed by atoms with Crippen molar-refractivity contribution in [3.63, 3.8) is 0 Å². The average Bonchev–Trinajstić information content (AvgIpc) is 2.26. The van der Waals surface area contributed by atoms with Crippen LogP contribution in [0.5, 0.6) is 0 Å². The van der Waals surface area contributed by atoms with Crippen LogP contribution in [-0.4, -0.2) is 32.1 Å². The molecule has 0 aliphatic heterocycles. The zero-order valence-corrected chi connectivity index (χ0v) is 9.90. The van der Waals surface area contributed by atoms with Gasteiger partial charge in [0.05, 0.1) is 23.5 Å². The molecule has 0 aliphatic carbocycles. The molecule has 1 aromatic carbocycles. The number of benzene rings is 1. The van der Waals surface area contributed by atoms with Crippen molar-refractivity contribution in [1.82, 2.24) is 4.72 Å². The van der Waals surface area contributed by atoms with Crippen LogP contribution in [0.15, 0.2) is 29.2 Å². The van der Waals surface area contributed by atoms with E-state index in [0.717, 1.165) is 5.56 Å². The quantitative estimate of drug-likeness (QED) is 0.660. The Morgan fingerprint density at radius 2 is 1.94 bits per heavy atom. The normalized spacial score (nSPS) is 13.3. The number of aliphatic carboxylic acids is 1. The van der Waals surface area contributed by atoms with E-state index in [1.165, 1.54) is 12.1 Å². The lowest BCUT2D eigenvalue weighted by atomic mass is 10.2. The molecule has 0 aromatic heterocycles. The van der Waals surface area contributed by atoms with Crippen LogP contribution in [-0.2, 0) is 14.8 Å². The largest absolute Gasteiger partial charge is 0.548 e. The molecule has 17 heavy (non-hydrogen) atoms. The molecule has 6 nitrogen and oxygen atoms in total. The van der Waals surface area contributed by atoms with Gasteiger partial charge in [-0.1, -0.05) is 17.7 Å². The molecule has 0 bridgehead atoms. The highest BCUT2D eigenvalue weighted by Crippen LogP contribution is 2.10. The van der Waals surface area contributed by atoms with Crippen molar-refractivity contribution in [2.24, 2.45) is 0 Å². The first kappa shape index (κ1) is 13.6. The first-order valence-corrected chi connectivity index (χ1v) is 6.26. The van der Waals surface area contributed by atoms with E-state index in [1.54, 1.807) is 19.1 Å². The maximum atomic E-state index is 11.7. The zero-order valence-electron chi connectivity index (χ0n) is 9.08. The SMILES string of the molecule is Cc1ccc(S(=O)(=O)NC(CO)C(=O)[O-])cc1. The van der Waals surface area contributed by atoms with E-state index in [-0.39, 0.29) is 4.90 Å². The van der Waals surface area contributed by atoms with E-state index in [9.17, 15) is 18.3 Å². The lowest BCUT2D eigenvalue weighted by Crippen LogP contribution is -2.49. The van der Waals surface area contributed by atoms with Gasteiger partial charge in [0.2, 0.25) is 10.0 Å². The van der Waals surface area contributed by atoms with Crippen molar-refractivity contribution in [2.75, 3.05) is 6.61 Å². The van der Waals surface area contributed by atoms with E-state index in [2.05, 4.69) is 0 Å². The number of hydrogen-bond donors (Lipinski definition) is 2. The molecule has 2 N–H and O–H groups in total. The molecule has 94 valence electrons. The summed E-state index contributed by atoms with van der Waals surface area (Å²) in [5.74, 6) is -1.68. The van der Waals surface area contributed by atoms with E-state index < -0.39 is 28.6 Å². The molecule has 0 spiro atoms. The summed E-state index contributed by atoms with van der Waals surface area (Å²) in [6, 6.07) is 4.22. The van der Waals surface area contributed by atoms with Gasteiger partial charge in [-0.2, -0.15) is 0 Å². The van der Waals surface area contributed by atoms with Crippen molar-refractivity contribution < 1.29 is 23.4 Å². The van der Waals surface area contributed by atoms with Gasteiger partial charge in [0.1, 0.15) is 0 Å². The zero-order chi connectivity index (χ0) is 13.1. The molecular formula is C10H12NO5S-. The standard InChI is InChI=1S/C10H13NO5S/c1-7-2-4-8(5-3-7)17(15,16)11-9(6-12)10(13)14/h2-5,9,11-12H,6H2,1H3,(H,13,14)/p-1. The van der Waals surface area contributed by atoms with Crippen LogP contribution >= 0.6 is 0 Å². The first-order valence-electron chi connectivity index (χ1n) is 4.77. The van der Waals surface area contributed by atoms with Gasteiger partial charge in [0.25, 0.3) is 0 Å². The lowest BCUT2D eigenvalue weighted by Gasteiger charge is -2.17. The van der Waals surface area contributed by atoms with Gasteiger partial charge >= 0.3 is 0 Å². The molecule has 1 rings (SSSR count). The van der Waals surface area contributed by atoms with Gasteiger partial charge in [0.15, 0.2) is 0 Å². The Labute approximate surface area is 99.0 Å². The van der Waals surface area contributed by atoms with Crippen LogP contribution in [0, 0.1) is 6.92 Å². The Bertz CT molecular complexity index is 494. The summed E-state index contributed by atoms with van der Waals surface area (Å²) in [5, 5.41) is 19.2. The third-order valence-corrected chi connectivity index (χ3v) is 3.58. The fraction of sp³-hybridized carbons (Fsp3) is 0.300. The second-order valence-electron chi connectivity index (χ2n) is 3.49. The minimum absolute atomic E-state index is 0.0669. The molecule has 0 radical (unpaired) electrons. The summed E-state index contributed by atoms with van der Waals surface area (Å²) >= 11 is 0. The number of aryl methyl sites for hydroxylation is 1. The Hall–Kier alpha value is -1.44.